The molecule has 0 bridgehead atoms. The molecule has 1 atom stereocenters. The molecule has 1 aromatic rings. The third-order valence-electron chi connectivity index (χ3n) is 3.12. The summed E-state index contributed by atoms with van der Waals surface area (Å²) in [6, 6.07) is 4.33. The number of carbonyl (C=O) groups excluding carboxylic acids is 1. The predicted octanol–water partition coefficient (Wildman–Crippen LogP) is 1.08. The molecule has 6 nitrogen and oxygen atoms in total. The van der Waals surface area contributed by atoms with Crippen molar-refractivity contribution in [1.82, 2.24) is 10.3 Å². The number of hydrogen-bond donors (Lipinski definition) is 2. The normalized spacial score (nSPS) is 22.2. The Kier molecular flexibility index (Phi) is 3.80. The van der Waals surface area contributed by atoms with E-state index in [2.05, 4.69) is 10.3 Å². The number of nitrogens with zero attached hydrogens (tertiary/aromatic N) is 1. The predicted molar refractivity (Wildman–Crippen MR) is 67.1 cm³/mol. The maximum atomic E-state index is 11.9. The lowest BCUT2D eigenvalue weighted by molar-refractivity contribution is 0.0205. The van der Waals surface area contributed by atoms with E-state index in [1.165, 1.54) is 18.2 Å². The second-order valence-corrected chi connectivity index (χ2v) is 4.80. The van der Waals surface area contributed by atoms with Crippen LogP contribution in [0.3, 0.4) is 0 Å². The summed E-state index contributed by atoms with van der Waals surface area (Å²) >= 11 is 0. The fourth-order valence-corrected chi connectivity index (χ4v) is 2.01. The SMILES string of the molecule is CC1(CNC(=O)c2cccc(C(=O)O)n2)CCCO1. The van der Waals surface area contributed by atoms with Crippen LogP contribution in [0.25, 0.3) is 0 Å². The van der Waals surface area contributed by atoms with Crippen molar-refractivity contribution >= 4 is 11.9 Å². The lowest BCUT2D eigenvalue weighted by Crippen LogP contribution is -2.40. The van der Waals surface area contributed by atoms with E-state index in [1.807, 2.05) is 6.92 Å². The van der Waals surface area contributed by atoms with E-state index < -0.39 is 5.97 Å². The third kappa shape index (κ3) is 3.29. The zero-order valence-electron chi connectivity index (χ0n) is 10.7. The molecule has 1 aliphatic rings. The first-order valence-electron chi connectivity index (χ1n) is 6.13. The summed E-state index contributed by atoms with van der Waals surface area (Å²) in [4.78, 5) is 26.5. The van der Waals surface area contributed by atoms with E-state index in [9.17, 15) is 9.59 Å². The first-order chi connectivity index (χ1) is 9.00. The summed E-state index contributed by atoms with van der Waals surface area (Å²) in [6.45, 7) is 3.05. The average molecular weight is 264 g/mol. The van der Waals surface area contributed by atoms with Crippen molar-refractivity contribution in [2.24, 2.45) is 0 Å². The summed E-state index contributed by atoms with van der Waals surface area (Å²) in [7, 11) is 0. The maximum Gasteiger partial charge on any atom is 0.354 e. The Bertz CT molecular complexity index is 495. The van der Waals surface area contributed by atoms with E-state index in [-0.39, 0.29) is 22.9 Å². The Balaban J connectivity index is 1.99. The van der Waals surface area contributed by atoms with E-state index in [0.717, 1.165) is 12.8 Å². The van der Waals surface area contributed by atoms with Crippen LogP contribution >= 0.6 is 0 Å². The number of pyridine rings is 1. The molecule has 0 radical (unpaired) electrons. The van der Waals surface area contributed by atoms with Gasteiger partial charge in [-0.25, -0.2) is 9.78 Å². The van der Waals surface area contributed by atoms with Crippen molar-refractivity contribution in [3.05, 3.63) is 29.6 Å². The number of nitrogens with one attached hydrogen (secondary N) is 1. The van der Waals surface area contributed by atoms with Gasteiger partial charge in [0.15, 0.2) is 0 Å². The first-order valence-corrected chi connectivity index (χ1v) is 6.13. The van der Waals surface area contributed by atoms with Gasteiger partial charge in [0.2, 0.25) is 0 Å². The number of ether oxygens (including phenoxy) is 1. The van der Waals surface area contributed by atoms with Crippen LogP contribution in [-0.2, 0) is 4.74 Å². The van der Waals surface area contributed by atoms with Gasteiger partial charge in [0.05, 0.1) is 5.60 Å². The molecule has 19 heavy (non-hydrogen) atoms. The van der Waals surface area contributed by atoms with E-state index >= 15 is 0 Å². The van der Waals surface area contributed by atoms with E-state index in [0.29, 0.717) is 13.2 Å². The summed E-state index contributed by atoms with van der Waals surface area (Å²) in [6.07, 6.45) is 1.88. The molecule has 0 saturated carbocycles. The standard InChI is InChI=1S/C13H16N2O4/c1-13(6-3-7-19-13)8-14-11(16)9-4-2-5-10(15-9)12(17)18/h2,4-5H,3,6-8H2,1H3,(H,14,16)(H,17,18). The Morgan fingerprint density at radius 3 is 2.84 bits per heavy atom. The molecule has 2 rings (SSSR count). The van der Waals surface area contributed by atoms with Crippen LogP contribution in [-0.4, -0.2) is 40.7 Å². The molecule has 2 N–H and O–H groups in total. The Labute approximate surface area is 110 Å². The van der Waals surface area contributed by atoms with Gasteiger partial charge in [0.1, 0.15) is 11.4 Å². The topological polar surface area (TPSA) is 88.5 Å². The number of carbonyl (C=O) groups is 2. The molecule has 1 saturated heterocycles. The van der Waals surface area contributed by atoms with Crippen LogP contribution in [0.2, 0.25) is 0 Å². The van der Waals surface area contributed by atoms with Gasteiger partial charge in [-0.1, -0.05) is 6.07 Å². The van der Waals surface area contributed by atoms with Crippen LogP contribution in [0.4, 0.5) is 0 Å². The molecule has 1 aliphatic heterocycles. The van der Waals surface area contributed by atoms with Crippen molar-refractivity contribution in [2.75, 3.05) is 13.2 Å². The number of amides is 1. The monoisotopic (exact) mass is 264 g/mol. The van der Waals surface area contributed by atoms with Crippen molar-refractivity contribution in [2.45, 2.75) is 25.4 Å². The molecule has 0 aromatic carbocycles. The Morgan fingerprint density at radius 1 is 1.47 bits per heavy atom. The van der Waals surface area contributed by atoms with Gasteiger partial charge in [-0.15, -0.1) is 0 Å². The zero-order chi connectivity index (χ0) is 13.9. The van der Waals surface area contributed by atoms with Crippen LogP contribution in [0.15, 0.2) is 18.2 Å². The quantitative estimate of drug-likeness (QED) is 0.849. The van der Waals surface area contributed by atoms with Gasteiger partial charge in [0, 0.05) is 13.2 Å². The lowest BCUT2D eigenvalue weighted by Gasteiger charge is -2.23. The van der Waals surface area contributed by atoms with Gasteiger partial charge in [-0.05, 0) is 31.9 Å². The maximum absolute atomic E-state index is 11.9. The van der Waals surface area contributed by atoms with E-state index in [4.69, 9.17) is 9.84 Å². The highest BCUT2D eigenvalue weighted by Crippen LogP contribution is 2.23. The number of rotatable bonds is 4. The van der Waals surface area contributed by atoms with Crippen LogP contribution < -0.4 is 5.32 Å². The molecule has 6 heteroatoms. The number of aromatic carboxylic acids is 1. The van der Waals surface area contributed by atoms with Crippen LogP contribution in [0.5, 0.6) is 0 Å². The zero-order valence-corrected chi connectivity index (χ0v) is 10.7. The fourth-order valence-electron chi connectivity index (χ4n) is 2.01. The Hall–Kier alpha value is -1.95. The highest BCUT2D eigenvalue weighted by molar-refractivity contribution is 5.94. The minimum Gasteiger partial charge on any atom is -0.477 e. The van der Waals surface area contributed by atoms with Gasteiger partial charge in [-0.3, -0.25) is 4.79 Å². The fraction of sp³-hybridized carbons (Fsp3) is 0.462. The second-order valence-electron chi connectivity index (χ2n) is 4.80. The lowest BCUT2D eigenvalue weighted by atomic mass is 10.0. The van der Waals surface area contributed by atoms with Gasteiger partial charge in [-0.2, -0.15) is 0 Å². The van der Waals surface area contributed by atoms with Gasteiger partial charge < -0.3 is 15.2 Å². The van der Waals surface area contributed by atoms with Crippen LogP contribution in [0, 0.1) is 0 Å². The number of aromatic nitrogens is 1. The van der Waals surface area contributed by atoms with Crippen molar-refractivity contribution in [3.8, 4) is 0 Å². The minimum absolute atomic E-state index is 0.0986. The molecule has 1 fully saturated rings. The molecule has 2 heterocycles. The molecule has 1 amide bonds. The summed E-state index contributed by atoms with van der Waals surface area (Å²) < 4.78 is 5.56. The third-order valence-corrected chi connectivity index (χ3v) is 3.12. The minimum atomic E-state index is -1.15. The molecule has 0 spiro atoms. The number of carboxylic acids is 1. The highest BCUT2D eigenvalue weighted by atomic mass is 16.5. The van der Waals surface area contributed by atoms with Crippen molar-refractivity contribution in [3.63, 3.8) is 0 Å². The van der Waals surface area contributed by atoms with Gasteiger partial charge >= 0.3 is 5.97 Å². The highest BCUT2D eigenvalue weighted by Gasteiger charge is 2.30. The Morgan fingerprint density at radius 2 is 2.21 bits per heavy atom. The molecule has 1 aromatic heterocycles. The van der Waals surface area contributed by atoms with Crippen LogP contribution in [0.1, 0.15) is 40.7 Å². The largest absolute Gasteiger partial charge is 0.477 e. The van der Waals surface area contributed by atoms with Gasteiger partial charge in [0.25, 0.3) is 5.91 Å². The summed E-state index contributed by atoms with van der Waals surface area (Å²) in [5.41, 5.74) is -0.377. The smallest absolute Gasteiger partial charge is 0.354 e. The van der Waals surface area contributed by atoms with E-state index in [1.54, 1.807) is 0 Å². The first kappa shape index (κ1) is 13.5. The van der Waals surface area contributed by atoms with Crippen molar-refractivity contribution < 1.29 is 19.4 Å². The molecular weight excluding hydrogens is 248 g/mol. The number of carboxylic acid groups (broad SMARTS) is 1. The molecular formula is C13H16N2O4. The molecule has 1 unspecified atom stereocenters. The molecule has 0 aliphatic carbocycles. The summed E-state index contributed by atoms with van der Waals surface area (Å²) in [5.74, 6) is -1.54. The second kappa shape index (κ2) is 5.36. The molecule has 102 valence electrons. The summed E-state index contributed by atoms with van der Waals surface area (Å²) in [5, 5.41) is 11.5. The average Bonchev–Trinajstić information content (AvgIpc) is 2.83. The number of hydrogen-bond acceptors (Lipinski definition) is 4. The van der Waals surface area contributed by atoms with Crippen molar-refractivity contribution in [1.29, 1.82) is 0 Å².